The number of rotatable bonds is 5. The maximum atomic E-state index is 11.6. The van der Waals surface area contributed by atoms with E-state index < -0.39 is 0 Å². The Morgan fingerprint density at radius 1 is 1.33 bits per heavy atom. The molecule has 1 amide bonds. The molecule has 1 heterocycles. The molecule has 5 nitrogen and oxygen atoms in total. The minimum absolute atomic E-state index is 0.0404. The summed E-state index contributed by atoms with van der Waals surface area (Å²) in [6.45, 7) is 5.68. The Bertz CT molecular complexity index is 659. The fraction of sp³-hybridized carbons (Fsp3) is 0.375. The predicted molar refractivity (Wildman–Crippen MR) is 81.2 cm³/mol. The molecule has 21 heavy (non-hydrogen) atoms. The zero-order valence-electron chi connectivity index (χ0n) is 12.5. The third-order valence-corrected chi connectivity index (χ3v) is 3.20. The fourth-order valence-electron chi connectivity index (χ4n) is 2.04. The van der Waals surface area contributed by atoms with Crippen molar-refractivity contribution in [1.82, 2.24) is 10.3 Å². The van der Waals surface area contributed by atoms with Crippen LogP contribution in [0.2, 0.25) is 0 Å². The molecule has 1 aromatic heterocycles. The largest absolute Gasteiger partial charge is 0.426 e. The SMILES string of the molecule is CC(=O)NCCc1c[nH]c2ccc(OC(=O)C(C)C)cc12. The lowest BCUT2D eigenvalue weighted by Gasteiger charge is -2.07. The average Bonchev–Trinajstić information content (AvgIpc) is 2.81. The quantitative estimate of drug-likeness (QED) is 0.655. The molecule has 2 aromatic rings. The van der Waals surface area contributed by atoms with E-state index >= 15 is 0 Å². The Balaban J connectivity index is 2.16. The van der Waals surface area contributed by atoms with Crippen molar-refractivity contribution < 1.29 is 14.3 Å². The van der Waals surface area contributed by atoms with Crippen molar-refractivity contribution in [2.24, 2.45) is 5.92 Å². The number of aromatic amines is 1. The summed E-state index contributed by atoms with van der Waals surface area (Å²) in [5.74, 6) is 0.0961. The van der Waals surface area contributed by atoms with Crippen LogP contribution in [0, 0.1) is 5.92 Å². The highest BCUT2D eigenvalue weighted by Gasteiger charge is 2.11. The monoisotopic (exact) mass is 288 g/mol. The molecule has 2 N–H and O–H groups in total. The molecule has 0 saturated heterocycles. The van der Waals surface area contributed by atoms with Gasteiger partial charge >= 0.3 is 5.97 Å². The second kappa shape index (κ2) is 6.43. The topological polar surface area (TPSA) is 71.2 Å². The van der Waals surface area contributed by atoms with Crippen molar-refractivity contribution in [1.29, 1.82) is 0 Å². The lowest BCUT2D eigenvalue weighted by Crippen LogP contribution is -2.22. The second-order valence-electron chi connectivity index (χ2n) is 5.33. The number of ether oxygens (including phenoxy) is 1. The van der Waals surface area contributed by atoms with Crippen LogP contribution in [0.5, 0.6) is 5.75 Å². The third kappa shape index (κ3) is 3.84. The Hall–Kier alpha value is -2.30. The number of hydrogen-bond donors (Lipinski definition) is 2. The molecule has 0 fully saturated rings. The Kier molecular flexibility index (Phi) is 4.62. The second-order valence-corrected chi connectivity index (χ2v) is 5.33. The molecule has 0 aliphatic heterocycles. The number of benzene rings is 1. The molecule has 0 spiro atoms. The highest BCUT2D eigenvalue weighted by Crippen LogP contribution is 2.24. The normalized spacial score (nSPS) is 10.9. The van der Waals surface area contributed by atoms with E-state index in [0.717, 1.165) is 22.9 Å². The number of carbonyl (C=O) groups excluding carboxylic acids is 2. The van der Waals surface area contributed by atoms with Crippen LogP contribution in [0.3, 0.4) is 0 Å². The van der Waals surface area contributed by atoms with E-state index in [1.807, 2.05) is 18.3 Å². The van der Waals surface area contributed by atoms with Gasteiger partial charge in [0.25, 0.3) is 0 Å². The van der Waals surface area contributed by atoms with E-state index in [1.54, 1.807) is 19.9 Å². The highest BCUT2D eigenvalue weighted by molar-refractivity contribution is 5.85. The summed E-state index contributed by atoms with van der Waals surface area (Å²) in [6.07, 6.45) is 2.64. The van der Waals surface area contributed by atoms with Crippen LogP contribution in [-0.2, 0) is 16.0 Å². The Morgan fingerprint density at radius 2 is 2.10 bits per heavy atom. The van der Waals surface area contributed by atoms with Crippen LogP contribution in [0.25, 0.3) is 10.9 Å². The molecule has 0 aliphatic carbocycles. The van der Waals surface area contributed by atoms with Gasteiger partial charge in [0.05, 0.1) is 5.92 Å². The van der Waals surface area contributed by atoms with E-state index in [9.17, 15) is 9.59 Å². The minimum Gasteiger partial charge on any atom is -0.426 e. The van der Waals surface area contributed by atoms with Gasteiger partial charge in [0.2, 0.25) is 5.91 Å². The summed E-state index contributed by atoms with van der Waals surface area (Å²) in [4.78, 5) is 25.7. The first-order valence-corrected chi connectivity index (χ1v) is 7.03. The number of nitrogens with one attached hydrogen (secondary N) is 2. The number of hydrogen-bond acceptors (Lipinski definition) is 3. The smallest absolute Gasteiger partial charge is 0.313 e. The van der Waals surface area contributed by atoms with Crippen LogP contribution in [0.1, 0.15) is 26.3 Å². The van der Waals surface area contributed by atoms with E-state index in [-0.39, 0.29) is 17.8 Å². The number of carbonyl (C=O) groups is 2. The maximum absolute atomic E-state index is 11.6. The van der Waals surface area contributed by atoms with Crippen LogP contribution in [-0.4, -0.2) is 23.4 Å². The van der Waals surface area contributed by atoms with Gasteiger partial charge in [0.15, 0.2) is 0 Å². The fourth-order valence-corrected chi connectivity index (χ4v) is 2.04. The number of fused-ring (bicyclic) bond motifs is 1. The van der Waals surface area contributed by atoms with Gasteiger partial charge in [-0.05, 0) is 30.2 Å². The van der Waals surface area contributed by atoms with E-state index in [1.165, 1.54) is 6.92 Å². The summed E-state index contributed by atoms with van der Waals surface area (Å²) in [5.41, 5.74) is 2.07. The lowest BCUT2D eigenvalue weighted by molar-refractivity contribution is -0.137. The van der Waals surface area contributed by atoms with Crippen LogP contribution in [0.15, 0.2) is 24.4 Å². The highest BCUT2D eigenvalue weighted by atomic mass is 16.5. The van der Waals surface area contributed by atoms with Gasteiger partial charge in [-0.2, -0.15) is 0 Å². The first kappa shape index (κ1) is 15.1. The molecule has 0 saturated carbocycles. The standard InChI is InChI=1S/C16H20N2O3/c1-10(2)16(20)21-13-4-5-15-14(8-13)12(9-18-15)6-7-17-11(3)19/h4-5,8-10,18H,6-7H2,1-3H3,(H,17,19). The molecular weight excluding hydrogens is 268 g/mol. The zero-order valence-corrected chi connectivity index (χ0v) is 12.5. The number of esters is 1. The average molecular weight is 288 g/mol. The zero-order chi connectivity index (χ0) is 15.4. The molecule has 0 atom stereocenters. The molecule has 1 aromatic carbocycles. The van der Waals surface area contributed by atoms with Gasteiger partial charge < -0.3 is 15.0 Å². The molecular formula is C16H20N2O3. The Labute approximate surface area is 123 Å². The van der Waals surface area contributed by atoms with Crippen molar-refractivity contribution in [2.45, 2.75) is 27.2 Å². The summed E-state index contributed by atoms with van der Waals surface area (Å²) in [7, 11) is 0. The van der Waals surface area contributed by atoms with Gasteiger partial charge in [0.1, 0.15) is 5.75 Å². The summed E-state index contributed by atoms with van der Waals surface area (Å²) in [5, 5.41) is 3.78. The van der Waals surface area contributed by atoms with Crippen molar-refractivity contribution in [2.75, 3.05) is 6.54 Å². The van der Waals surface area contributed by atoms with Gasteiger partial charge in [-0.1, -0.05) is 13.8 Å². The third-order valence-electron chi connectivity index (χ3n) is 3.20. The van der Waals surface area contributed by atoms with Crippen LogP contribution >= 0.6 is 0 Å². The molecule has 112 valence electrons. The van der Waals surface area contributed by atoms with Crippen molar-refractivity contribution in [3.63, 3.8) is 0 Å². The maximum Gasteiger partial charge on any atom is 0.313 e. The molecule has 0 radical (unpaired) electrons. The van der Waals surface area contributed by atoms with Gasteiger partial charge in [-0.15, -0.1) is 0 Å². The molecule has 0 aliphatic rings. The van der Waals surface area contributed by atoms with Crippen molar-refractivity contribution >= 4 is 22.8 Å². The van der Waals surface area contributed by atoms with Crippen LogP contribution < -0.4 is 10.1 Å². The van der Waals surface area contributed by atoms with Crippen LogP contribution in [0.4, 0.5) is 0 Å². The van der Waals surface area contributed by atoms with E-state index in [0.29, 0.717) is 12.3 Å². The molecule has 2 rings (SSSR count). The number of aromatic nitrogens is 1. The summed E-state index contributed by atoms with van der Waals surface area (Å²) >= 11 is 0. The summed E-state index contributed by atoms with van der Waals surface area (Å²) in [6, 6.07) is 5.52. The molecule has 5 heteroatoms. The number of amides is 1. The lowest BCUT2D eigenvalue weighted by atomic mass is 10.1. The Morgan fingerprint density at radius 3 is 2.76 bits per heavy atom. The number of H-pyrrole nitrogens is 1. The minimum atomic E-state index is -0.246. The summed E-state index contributed by atoms with van der Waals surface area (Å²) < 4.78 is 5.33. The van der Waals surface area contributed by atoms with Gasteiger partial charge in [0, 0.05) is 30.6 Å². The van der Waals surface area contributed by atoms with Crippen molar-refractivity contribution in [3.8, 4) is 5.75 Å². The van der Waals surface area contributed by atoms with Crippen molar-refractivity contribution in [3.05, 3.63) is 30.0 Å². The predicted octanol–water partition coefficient (Wildman–Crippen LogP) is 2.41. The molecule has 0 unspecified atom stereocenters. The van der Waals surface area contributed by atoms with E-state index in [4.69, 9.17) is 4.74 Å². The molecule has 0 bridgehead atoms. The van der Waals surface area contributed by atoms with Gasteiger partial charge in [-0.25, -0.2) is 0 Å². The van der Waals surface area contributed by atoms with E-state index in [2.05, 4.69) is 10.3 Å². The van der Waals surface area contributed by atoms with Gasteiger partial charge in [-0.3, -0.25) is 9.59 Å². The first-order chi connectivity index (χ1) is 9.97. The first-order valence-electron chi connectivity index (χ1n) is 7.03.